The molecular formula is C15H17FN2S2. The minimum atomic E-state index is -0.392. The highest BCUT2D eigenvalue weighted by Crippen LogP contribution is 2.28. The van der Waals surface area contributed by atoms with Crippen molar-refractivity contribution >= 4 is 34.2 Å². The van der Waals surface area contributed by atoms with Crippen LogP contribution in [-0.4, -0.2) is 11.5 Å². The van der Waals surface area contributed by atoms with E-state index in [0.29, 0.717) is 12.2 Å². The number of nitrogens with two attached hydrogens (primary N) is 1. The maximum Gasteiger partial charge on any atom is 0.135 e. The van der Waals surface area contributed by atoms with Crippen LogP contribution < -0.4 is 11.1 Å². The standard InChI is InChI=1S/C15H17FN2S2/c1-15(2,12-7-4-8-20-12)9-18-11-6-3-5-10(16)13(11)14(17)19/h3-8,18H,9H2,1-2H3,(H2,17,19). The number of anilines is 1. The zero-order chi connectivity index (χ0) is 14.8. The van der Waals surface area contributed by atoms with Crippen LogP contribution in [0.1, 0.15) is 24.3 Å². The molecule has 0 bridgehead atoms. The molecule has 106 valence electrons. The average Bonchev–Trinajstić information content (AvgIpc) is 2.90. The van der Waals surface area contributed by atoms with Crippen molar-refractivity contribution in [3.8, 4) is 0 Å². The van der Waals surface area contributed by atoms with Gasteiger partial charge in [0.1, 0.15) is 10.8 Å². The summed E-state index contributed by atoms with van der Waals surface area (Å²) in [6, 6.07) is 8.94. The Morgan fingerprint density at radius 1 is 1.35 bits per heavy atom. The number of rotatable bonds is 5. The van der Waals surface area contributed by atoms with Crippen LogP contribution in [0, 0.1) is 5.82 Å². The quantitative estimate of drug-likeness (QED) is 0.822. The molecule has 1 heterocycles. The first kappa shape index (κ1) is 14.9. The molecule has 2 nitrogen and oxygen atoms in total. The lowest BCUT2D eigenvalue weighted by molar-refractivity contribution is 0.568. The third-order valence-electron chi connectivity index (χ3n) is 3.17. The van der Waals surface area contributed by atoms with Crippen LogP contribution in [0.3, 0.4) is 0 Å². The molecule has 1 aromatic heterocycles. The molecule has 2 aromatic rings. The van der Waals surface area contributed by atoms with Crippen LogP contribution in [0.15, 0.2) is 35.7 Å². The second-order valence-corrected chi connectivity index (χ2v) is 6.63. The lowest BCUT2D eigenvalue weighted by Crippen LogP contribution is -2.27. The Labute approximate surface area is 127 Å². The van der Waals surface area contributed by atoms with E-state index in [1.54, 1.807) is 23.5 Å². The maximum absolute atomic E-state index is 13.8. The van der Waals surface area contributed by atoms with Gasteiger partial charge < -0.3 is 11.1 Å². The van der Waals surface area contributed by atoms with Crippen molar-refractivity contribution in [2.45, 2.75) is 19.3 Å². The first-order valence-electron chi connectivity index (χ1n) is 6.28. The number of halogens is 1. The third-order valence-corrected chi connectivity index (χ3v) is 4.61. The van der Waals surface area contributed by atoms with Gasteiger partial charge in [0.25, 0.3) is 0 Å². The summed E-state index contributed by atoms with van der Waals surface area (Å²) in [6.07, 6.45) is 0. The van der Waals surface area contributed by atoms with E-state index >= 15 is 0 Å². The highest BCUT2D eigenvalue weighted by atomic mass is 32.1. The molecule has 0 aliphatic rings. The molecule has 0 atom stereocenters. The summed E-state index contributed by atoms with van der Waals surface area (Å²) in [5.41, 5.74) is 6.48. The van der Waals surface area contributed by atoms with Gasteiger partial charge in [-0.1, -0.05) is 38.2 Å². The summed E-state index contributed by atoms with van der Waals surface area (Å²) < 4.78 is 13.8. The SMILES string of the molecule is CC(C)(CNc1cccc(F)c1C(N)=S)c1cccs1. The van der Waals surface area contributed by atoms with Crippen LogP contribution in [0.2, 0.25) is 0 Å². The van der Waals surface area contributed by atoms with Crippen LogP contribution >= 0.6 is 23.6 Å². The largest absolute Gasteiger partial charge is 0.389 e. The fourth-order valence-corrected chi connectivity index (χ4v) is 3.05. The molecule has 0 aliphatic carbocycles. The van der Waals surface area contributed by atoms with Gasteiger partial charge in [-0.25, -0.2) is 4.39 Å². The van der Waals surface area contributed by atoms with Crippen LogP contribution in [0.25, 0.3) is 0 Å². The zero-order valence-electron chi connectivity index (χ0n) is 11.4. The van der Waals surface area contributed by atoms with Crippen molar-refractivity contribution in [2.75, 3.05) is 11.9 Å². The van der Waals surface area contributed by atoms with E-state index in [9.17, 15) is 4.39 Å². The molecule has 3 N–H and O–H groups in total. The molecule has 1 aromatic carbocycles. The van der Waals surface area contributed by atoms with E-state index in [-0.39, 0.29) is 16.0 Å². The highest BCUT2D eigenvalue weighted by molar-refractivity contribution is 7.80. The van der Waals surface area contributed by atoms with Gasteiger partial charge in [0.15, 0.2) is 0 Å². The van der Waals surface area contributed by atoms with Crippen LogP contribution in [-0.2, 0) is 5.41 Å². The van der Waals surface area contributed by atoms with Crippen LogP contribution in [0.5, 0.6) is 0 Å². The van der Waals surface area contributed by atoms with E-state index < -0.39 is 5.82 Å². The maximum atomic E-state index is 13.8. The molecule has 0 fully saturated rings. The summed E-state index contributed by atoms with van der Waals surface area (Å²) in [4.78, 5) is 1.35. The molecule has 2 rings (SSSR count). The van der Waals surface area contributed by atoms with Gasteiger partial charge in [0.05, 0.1) is 5.56 Å². The minimum Gasteiger partial charge on any atom is -0.389 e. The smallest absolute Gasteiger partial charge is 0.135 e. The molecule has 0 unspecified atom stereocenters. The van der Waals surface area contributed by atoms with E-state index in [0.717, 1.165) is 0 Å². The lowest BCUT2D eigenvalue weighted by Gasteiger charge is -2.25. The second kappa shape index (κ2) is 5.89. The number of thiocarbonyl (C=S) groups is 1. The number of benzene rings is 1. The van der Waals surface area contributed by atoms with Gasteiger partial charge in [-0.3, -0.25) is 0 Å². The van der Waals surface area contributed by atoms with Gasteiger partial charge >= 0.3 is 0 Å². The van der Waals surface area contributed by atoms with Crippen LogP contribution in [0.4, 0.5) is 10.1 Å². The predicted molar refractivity (Wildman–Crippen MR) is 88.1 cm³/mol. The topological polar surface area (TPSA) is 38.0 Å². The first-order valence-corrected chi connectivity index (χ1v) is 7.57. The Balaban J connectivity index is 2.20. The Hall–Kier alpha value is -1.46. The number of hydrogen-bond donors (Lipinski definition) is 2. The molecule has 20 heavy (non-hydrogen) atoms. The van der Waals surface area contributed by atoms with E-state index in [1.807, 2.05) is 6.07 Å². The molecule has 0 radical (unpaired) electrons. The third kappa shape index (κ3) is 3.16. The highest BCUT2D eigenvalue weighted by Gasteiger charge is 2.22. The fraction of sp³-hybridized carbons (Fsp3) is 0.267. The Morgan fingerprint density at radius 2 is 2.10 bits per heavy atom. The normalized spacial score (nSPS) is 11.3. The Kier molecular flexibility index (Phi) is 4.40. The van der Waals surface area contributed by atoms with Crippen molar-refractivity contribution in [1.82, 2.24) is 0 Å². The Morgan fingerprint density at radius 3 is 2.70 bits per heavy atom. The second-order valence-electron chi connectivity index (χ2n) is 5.24. The van der Waals surface area contributed by atoms with Crippen molar-refractivity contribution < 1.29 is 4.39 Å². The Bertz CT molecular complexity index is 606. The minimum absolute atomic E-state index is 0.0476. The summed E-state index contributed by atoms with van der Waals surface area (Å²) >= 11 is 6.64. The lowest BCUT2D eigenvalue weighted by atomic mass is 9.91. The van der Waals surface area contributed by atoms with Gasteiger partial charge in [0.2, 0.25) is 0 Å². The average molecular weight is 308 g/mol. The monoisotopic (exact) mass is 308 g/mol. The number of hydrogen-bond acceptors (Lipinski definition) is 3. The van der Waals surface area contributed by atoms with Gasteiger partial charge in [0, 0.05) is 22.5 Å². The summed E-state index contributed by atoms with van der Waals surface area (Å²) in [7, 11) is 0. The van der Waals surface area contributed by atoms with Gasteiger partial charge in [-0.05, 0) is 23.6 Å². The number of nitrogens with one attached hydrogen (secondary N) is 1. The van der Waals surface area contributed by atoms with Gasteiger partial charge in [-0.15, -0.1) is 11.3 Å². The first-order chi connectivity index (χ1) is 9.42. The van der Waals surface area contributed by atoms with Crippen molar-refractivity contribution in [1.29, 1.82) is 0 Å². The predicted octanol–water partition coefficient (Wildman–Crippen LogP) is 3.91. The number of thiophene rings is 1. The molecular weight excluding hydrogens is 291 g/mol. The molecule has 0 saturated carbocycles. The van der Waals surface area contributed by atoms with E-state index in [4.69, 9.17) is 18.0 Å². The summed E-state index contributed by atoms with van der Waals surface area (Å²) in [6.45, 7) is 4.96. The van der Waals surface area contributed by atoms with Crippen molar-refractivity contribution in [3.05, 3.63) is 52.0 Å². The summed E-state index contributed by atoms with van der Waals surface area (Å²) in [5.74, 6) is -0.392. The van der Waals surface area contributed by atoms with E-state index in [1.165, 1.54) is 10.9 Å². The molecule has 0 amide bonds. The van der Waals surface area contributed by atoms with Crippen molar-refractivity contribution in [2.24, 2.45) is 5.73 Å². The molecule has 0 aliphatic heterocycles. The molecule has 5 heteroatoms. The fourth-order valence-electron chi connectivity index (χ4n) is 1.99. The van der Waals surface area contributed by atoms with E-state index in [2.05, 4.69) is 30.6 Å². The van der Waals surface area contributed by atoms with Crippen molar-refractivity contribution in [3.63, 3.8) is 0 Å². The molecule has 0 saturated heterocycles. The molecule has 0 spiro atoms. The summed E-state index contributed by atoms with van der Waals surface area (Å²) in [5, 5.41) is 5.32. The zero-order valence-corrected chi connectivity index (χ0v) is 13.1. The van der Waals surface area contributed by atoms with Gasteiger partial charge in [-0.2, -0.15) is 0 Å².